The minimum Gasteiger partial charge on any atom is -0.478 e. The number of halogens is 1. The number of fused-ring (bicyclic) bond motifs is 1. The van der Waals surface area contributed by atoms with E-state index in [1.807, 2.05) is 0 Å². The third kappa shape index (κ3) is 1.56. The van der Waals surface area contributed by atoms with Crippen LogP contribution in [0.1, 0.15) is 29.1 Å². The van der Waals surface area contributed by atoms with Gasteiger partial charge in [0.2, 0.25) is 0 Å². The number of aromatic carboxylic acids is 1. The van der Waals surface area contributed by atoms with Crippen LogP contribution in [0.25, 0.3) is 11.0 Å². The van der Waals surface area contributed by atoms with Gasteiger partial charge >= 0.3 is 5.97 Å². The van der Waals surface area contributed by atoms with Crippen LogP contribution in [0, 0.1) is 0 Å². The second-order valence-corrected chi connectivity index (χ2v) is 3.20. The van der Waals surface area contributed by atoms with Crippen LogP contribution in [0.15, 0.2) is 22.7 Å². The van der Waals surface area contributed by atoms with E-state index in [9.17, 15) is 9.18 Å². The smallest absolute Gasteiger partial charge is 0.335 e. The molecule has 0 aliphatic rings. The van der Waals surface area contributed by atoms with Gasteiger partial charge < -0.3 is 9.63 Å². The number of carboxylic acid groups (broad SMARTS) is 1. The Morgan fingerprint density at radius 1 is 1.60 bits per heavy atom. The molecule has 0 bridgehead atoms. The number of aromatic nitrogens is 1. The summed E-state index contributed by atoms with van der Waals surface area (Å²) in [6, 6.07) is 4.23. The summed E-state index contributed by atoms with van der Waals surface area (Å²) in [7, 11) is 0. The molecule has 1 atom stereocenters. The minimum atomic E-state index is -1.23. The maximum atomic E-state index is 13.0. The SMILES string of the molecule is CC(F)c1noc2cc(C(=O)O)ccc12. The fourth-order valence-corrected chi connectivity index (χ4v) is 1.38. The van der Waals surface area contributed by atoms with Gasteiger partial charge in [0, 0.05) is 5.39 Å². The molecule has 0 amide bonds. The molecule has 78 valence electrons. The maximum absolute atomic E-state index is 13.0. The largest absolute Gasteiger partial charge is 0.478 e. The van der Waals surface area contributed by atoms with Crippen LogP contribution >= 0.6 is 0 Å². The van der Waals surface area contributed by atoms with Gasteiger partial charge in [-0.05, 0) is 25.1 Å². The fraction of sp³-hybridized carbons (Fsp3) is 0.200. The van der Waals surface area contributed by atoms with Crippen molar-refractivity contribution in [2.75, 3.05) is 0 Å². The van der Waals surface area contributed by atoms with Crippen molar-refractivity contribution in [2.24, 2.45) is 0 Å². The summed E-state index contributed by atoms with van der Waals surface area (Å²) >= 11 is 0. The van der Waals surface area contributed by atoms with Gasteiger partial charge in [-0.3, -0.25) is 0 Å². The number of carbonyl (C=O) groups is 1. The Morgan fingerprint density at radius 2 is 2.33 bits per heavy atom. The Bertz CT molecular complexity index is 518. The molecule has 1 aromatic heterocycles. The van der Waals surface area contributed by atoms with Gasteiger partial charge in [0.05, 0.1) is 5.56 Å². The van der Waals surface area contributed by atoms with Crippen molar-refractivity contribution >= 4 is 16.9 Å². The van der Waals surface area contributed by atoms with Crippen molar-refractivity contribution in [3.63, 3.8) is 0 Å². The van der Waals surface area contributed by atoms with E-state index in [4.69, 9.17) is 9.63 Å². The molecule has 1 N–H and O–H groups in total. The molecule has 2 aromatic rings. The van der Waals surface area contributed by atoms with Gasteiger partial charge in [0.1, 0.15) is 11.9 Å². The second-order valence-electron chi connectivity index (χ2n) is 3.20. The highest BCUT2D eigenvalue weighted by Crippen LogP contribution is 2.26. The number of carboxylic acids is 1. The lowest BCUT2D eigenvalue weighted by atomic mass is 10.1. The Morgan fingerprint density at radius 3 is 2.93 bits per heavy atom. The van der Waals surface area contributed by atoms with Crippen LogP contribution in [0.3, 0.4) is 0 Å². The van der Waals surface area contributed by atoms with E-state index in [0.717, 1.165) is 0 Å². The number of hydrogen-bond donors (Lipinski definition) is 1. The van der Waals surface area contributed by atoms with E-state index >= 15 is 0 Å². The molecule has 0 fully saturated rings. The van der Waals surface area contributed by atoms with Crippen molar-refractivity contribution in [1.82, 2.24) is 5.16 Å². The highest BCUT2D eigenvalue weighted by molar-refractivity contribution is 5.93. The van der Waals surface area contributed by atoms with Gasteiger partial charge in [-0.15, -0.1) is 0 Å². The Hall–Kier alpha value is -1.91. The molecule has 0 aliphatic carbocycles. The first-order valence-corrected chi connectivity index (χ1v) is 4.36. The van der Waals surface area contributed by atoms with Gasteiger partial charge in [-0.25, -0.2) is 9.18 Å². The fourth-order valence-electron chi connectivity index (χ4n) is 1.38. The normalized spacial score (nSPS) is 12.9. The van der Waals surface area contributed by atoms with Crippen LogP contribution < -0.4 is 0 Å². The zero-order chi connectivity index (χ0) is 11.0. The van der Waals surface area contributed by atoms with Crippen LogP contribution in [-0.4, -0.2) is 16.2 Å². The maximum Gasteiger partial charge on any atom is 0.335 e. The number of hydrogen-bond acceptors (Lipinski definition) is 3. The van der Waals surface area contributed by atoms with Crippen molar-refractivity contribution in [1.29, 1.82) is 0 Å². The summed E-state index contributed by atoms with van der Waals surface area (Å²) in [5, 5.41) is 12.8. The number of rotatable bonds is 2. The number of alkyl halides is 1. The van der Waals surface area contributed by atoms with Crippen LogP contribution in [-0.2, 0) is 0 Å². The first-order chi connectivity index (χ1) is 7.09. The Balaban J connectivity index is 2.61. The van der Waals surface area contributed by atoms with E-state index < -0.39 is 12.1 Å². The summed E-state index contributed by atoms with van der Waals surface area (Å²) in [6.07, 6.45) is -1.23. The quantitative estimate of drug-likeness (QED) is 0.825. The monoisotopic (exact) mass is 209 g/mol. The molecule has 0 radical (unpaired) electrons. The highest BCUT2D eigenvalue weighted by atomic mass is 19.1. The van der Waals surface area contributed by atoms with Gasteiger partial charge in [-0.1, -0.05) is 5.16 Å². The zero-order valence-electron chi connectivity index (χ0n) is 7.90. The van der Waals surface area contributed by atoms with E-state index in [1.165, 1.54) is 25.1 Å². The molecule has 0 saturated heterocycles. The summed E-state index contributed by atoms with van der Waals surface area (Å²) < 4.78 is 17.9. The molecule has 4 nitrogen and oxygen atoms in total. The molecular formula is C10H8FNO3. The summed E-state index contributed by atoms with van der Waals surface area (Å²) in [4.78, 5) is 10.6. The average Bonchev–Trinajstić information content (AvgIpc) is 2.59. The second kappa shape index (κ2) is 3.34. The summed E-state index contributed by atoms with van der Waals surface area (Å²) in [5.74, 6) is -1.05. The van der Waals surface area contributed by atoms with Crippen molar-refractivity contribution in [2.45, 2.75) is 13.1 Å². The van der Waals surface area contributed by atoms with Gasteiger partial charge in [-0.2, -0.15) is 0 Å². The van der Waals surface area contributed by atoms with Gasteiger partial charge in [0.15, 0.2) is 5.58 Å². The van der Waals surface area contributed by atoms with E-state index in [0.29, 0.717) is 5.39 Å². The lowest BCUT2D eigenvalue weighted by molar-refractivity contribution is 0.0697. The van der Waals surface area contributed by atoms with Crippen LogP contribution in [0.4, 0.5) is 4.39 Å². The van der Waals surface area contributed by atoms with Crippen molar-refractivity contribution < 1.29 is 18.8 Å². The predicted octanol–water partition coefficient (Wildman–Crippen LogP) is 2.56. The zero-order valence-corrected chi connectivity index (χ0v) is 7.90. The van der Waals surface area contributed by atoms with Crippen molar-refractivity contribution in [3.05, 3.63) is 29.5 Å². The topological polar surface area (TPSA) is 63.3 Å². The molecule has 1 unspecified atom stereocenters. The molecule has 1 aromatic carbocycles. The highest BCUT2D eigenvalue weighted by Gasteiger charge is 2.15. The Labute approximate surface area is 84.3 Å². The molecule has 0 aliphatic heterocycles. The lowest BCUT2D eigenvalue weighted by Crippen LogP contribution is -1.94. The Kier molecular flexibility index (Phi) is 2.15. The molecule has 1 heterocycles. The van der Waals surface area contributed by atoms with Gasteiger partial charge in [0.25, 0.3) is 0 Å². The molecule has 15 heavy (non-hydrogen) atoms. The van der Waals surface area contributed by atoms with Crippen LogP contribution in [0.5, 0.6) is 0 Å². The number of nitrogens with zero attached hydrogens (tertiary/aromatic N) is 1. The molecule has 5 heteroatoms. The summed E-state index contributed by atoms with van der Waals surface area (Å²) in [5.41, 5.74) is 0.577. The molecule has 0 spiro atoms. The molecule has 0 saturated carbocycles. The van der Waals surface area contributed by atoms with E-state index in [-0.39, 0.29) is 16.8 Å². The molecule has 2 rings (SSSR count). The first kappa shape index (κ1) is 9.64. The van der Waals surface area contributed by atoms with E-state index in [2.05, 4.69) is 5.16 Å². The third-order valence-corrected chi connectivity index (χ3v) is 2.12. The molecular weight excluding hydrogens is 201 g/mol. The summed E-state index contributed by atoms with van der Waals surface area (Å²) in [6.45, 7) is 1.35. The predicted molar refractivity (Wildman–Crippen MR) is 50.5 cm³/mol. The number of benzene rings is 1. The standard InChI is InChI=1S/C10H8FNO3/c1-5(11)9-7-3-2-6(10(13)14)4-8(7)15-12-9/h2-5H,1H3,(H,13,14). The van der Waals surface area contributed by atoms with E-state index in [1.54, 1.807) is 0 Å². The first-order valence-electron chi connectivity index (χ1n) is 4.36. The van der Waals surface area contributed by atoms with Crippen molar-refractivity contribution in [3.8, 4) is 0 Å². The lowest BCUT2D eigenvalue weighted by Gasteiger charge is -1.95. The average molecular weight is 209 g/mol. The third-order valence-electron chi connectivity index (χ3n) is 2.12. The van der Waals surface area contributed by atoms with Crippen LogP contribution in [0.2, 0.25) is 0 Å². The minimum absolute atomic E-state index is 0.0942.